The van der Waals surface area contributed by atoms with Gasteiger partial charge in [0.05, 0.1) is 28.1 Å². The molecule has 12 heteroatoms. The number of amides is 2. The molecule has 11 nitrogen and oxygen atoms in total. The fraction of sp³-hybridized carbons (Fsp3) is 0.238. The van der Waals surface area contributed by atoms with Crippen molar-refractivity contribution >= 4 is 51.7 Å². The first-order chi connectivity index (χ1) is 15.9. The predicted octanol–water partition coefficient (Wildman–Crippen LogP) is 1.12. The number of likely N-dealkylation sites (N-methyl/N-ethyl adjacent to an activating group) is 1. The number of carbonyl (C=O) groups excluding carboxylic acids is 2. The minimum Gasteiger partial charge on any atom is -0.395 e. The number of H-pyrrole nitrogens is 1. The van der Waals surface area contributed by atoms with Crippen LogP contribution >= 0.6 is 11.8 Å². The molecule has 170 valence electrons. The van der Waals surface area contributed by atoms with Gasteiger partial charge in [0.15, 0.2) is 0 Å². The van der Waals surface area contributed by atoms with E-state index < -0.39 is 11.1 Å². The van der Waals surface area contributed by atoms with E-state index in [-0.39, 0.29) is 17.1 Å². The molecule has 3 heterocycles. The van der Waals surface area contributed by atoms with Gasteiger partial charge in [-0.25, -0.2) is 9.97 Å². The molecule has 1 aliphatic heterocycles. The van der Waals surface area contributed by atoms with Crippen molar-refractivity contribution in [2.75, 3.05) is 37.0 Å². The summed E-state index contributed by atoms with van der Waals surface area (Å²) in [7, 11) is 1.77. The van der Waals surface area contributed by atoms with Crippen molar-refractivity contribution in [1.29, 1.82) is 0 Å². The van der Waals surface area contributed by atoms with Gasteiger partial charge < -0.3 is 20.3 Å². The Morgan fingerprint density at radius 1 is 1.18 bits per heavy atom. The Morgan fingerprint density at radius 3 is 2.76 bits per heavy atom. The summed E-state index contributed by atoms with van der Waals surface area (Å²) in [6.45, 7) is 0.675. The molecule has 33 heavy (non-hydrogen) atoms. The Morgan fingerprint density at radius 2 is 2.00 bits per heavy atom. The van der Waals surface area contributed by atoms with Crippen LogP contribution in [0.4, 0.5) is 16.6 Å². The van der Waals surface area contributed by atoms with Crippen LogP contribution in [0.2, 0.25) is 0 Å². The molecular weight excluding hydrogens is 446 g/mol. The maximum absolute atomic E-state index is 12.2. The summed E-state index contributed by atoms with van der Waals surface area (Å²) < 4.78 is 0. The number of hydrogen-bond donors (Lipinski definition) is 4. The molecule has 0 atom stereocenters. The average Bonchev–Trinajstić information content (AvgIpc) is 3.10. The molecule has 0 radical (unpaired) electrons. The number of hydrogen-bond acceptors (Lipinski definition) is 10. The van der Waals surface area contributed by atoms with Gasteiger partial charge in [-0.1, -0.05) is 12.1 Å². The molecule has 0 unspecified atom stereocenters. The van der Waals surface area contributed by atoms with Crippen LogP contribution in [0.1, 0.15) is 11.5 Å². The van der Waals surface area contributed by atoms with Crippen molar-refractivity contribution in [3.8, 4) is 0 Å². The predicted molar refractivity (Wildman–Crippen MR) is 126 cm³/mol. The molecule has 0 aliphatic carbocycles. The van der Waals surface area contributed by atoms with Gasteiger partial charge >= 0.3 is 0 Å². The van der Waals surface area contributed by atoms with Crippen LogP contribution in [-0.4, -0.2) is 62.9 Å². The lowest BCUT2D eigenvalue weighted by molar-refractivity contribution is -0.115. The van der Waals surface area contributed by atoms with Crippen LogP contribution in [0.25, 0.3) is 17.0 Å². The number of nitrogens with one attached hydrogen (secondary N) is 3. The van der Waals surface area contributed by atoms with Gasteiger partial charge in [-0.15, -0.1) is 0 Å². The number of imide groups is 1. The summed E-state index contributed by atoms with van der Waals surface area (Å²) in [6.07, 6.45) is 1.93. The fourth-order valence-electron chi connectivity index (χ4n) is 3.17. The highest BCUT2D eigenvalue weighted by atomic mass is 32.2. The zero-order chi connectivity index (χ0) is 23.4. The van der Waals surface area contributed by atoms with Gasteiger partial charge in [-0.05, 0) is 30.0 Å². The van der Waals surface area contributed by atoms with Crippen LogP contribution in [0.15, 0.2) is 40.0 Å². The van der Waals surface area contributed by atoms with Crippen molar-refractivity contribution in [3.63, 3.8) is 0 Å². The molecule has 1 saturated heterocycles. The van der Waals surface area contributed by atoms with E-state index in [1.54, 1.807) is 36.2 Å². The molecular formula is C21H21N7O4S. The fourth-order valence-corrected chi connectivity index (χ4v) is 3.83. The number of thioether (sulfide) groups is 1. The molecule has 4 rings (SSSR count). The van der Waals surface area contributed by atoms with Gasteiger partial charge in [0, 0.05) is 32.6 Å². The smallest absolute Gasteiger partial charge is 0.290 e. The Balaban J connectivity index is 1.54. The second-order valence-corrected chi connectivity index (χ2v) is 8.19. The van der Waals surface area contributed by atoms with Crippen molar-refractivity contribution in [2.24, 2.45) is 0 Å². The van der Waals surface area contributed by atoms with E-state index in [0.29, 0.717) is 53.7 Å². The Labute approximate surface area is 192 Å². The number of anilines is 2. The molecule has 0 spiro atoms. The lowest BCUT2D eigenvalue weighted by atomic mass is 10.2. The van der Waals surface area contributed by atoms with Crippen LogP contribution in [0.5, 0.6) is 0 Å². The normalized spacial score (nSPS) is 14.7. The molecule has 3 aromatic rings. The third kappa shape index (κ3) is 5.35. The minimum atomic E-state index is -0.477. The number of aliphatic hydroxyl groups is 1. The van der Waals surface area contributed by atoms with Crippen LogP contribution < -0.4 is 21.1 Å². The van der Waals surface area contributed by atoms with Gasteiger partial charge in [0.1, 0.15) is 11.6 Å². The summed E-state index contributed by atoms with van der Waals surface area (Å²) in [6, 6.07) is 8.78. The molecule has 2 amide bonds. The van der Waals surface area contributed by atoms with E-state index in [2.05, 4.69) is 30.6 Å². The largest absolute Gasteiger partial charge is 0.395 e. The molecule has 1 aromatic carbocycles. The van der Waals surface area contributed by atoms with E-state index in [0.717, 1.165) is 11.8 Å². The third-order valence-corrected chi connectivity index (χ3v) is 5.60. The number of aliphatic hydroxyl groups excluding tert-OH is 1. The van der Waals surface area contributed by atoms with E-state index in [1.807, 2.05) is 6.07 Å². The summed E-state index contributed by atoms with van der Waals surface area (Å²) >= 11 is 0.801. The third-order valence-electron chi connectivity index (χ3n) is 4.79. The van der Waals surface area contributed by atoms with Crippen molar-refractivity contribution < 1.29 is 14.7 Å². The van der Waals surface area contributed by atoms with Crippen LogP contribution in [0, 0.1) is 0 Å². The summed E-state index contributed by atoms with van der Waals surface area (Å²) in [5.41, 5.74) is 0.850. The first-order valence-electron chi connectivity index (χ1n) is 10.1. The first-order valence-corrected chi connectivity index (χ1v) is 10.9. The molecule has 2 aromatic heterocycles. The number of para-hydroxylation sites is 1. The second kappa shape index (κ2) is 9.79. The van der Waals surface area contributed by atoms with Gasteiger partial charge in [0.25, 0.3) is 16.7 Å². The lowest BCUT2D eigenvalue weighted by Crippen LogP contribution is -2.23. The summed E-state index contributed by atoms with van der Waals surface area (Å²) in [5.74, 6) is 0.872. The van der Waals surface area contributed by atoms with Crippen molar-refractivity contribution in [3.05, 3.63) is 57.1 Å². The summed E-state index contributed by atoms with van der Waals surface area (Å²) in [4.78, 5) is 53.7. The van der Waals surface area contributed by atoms with Gasteiger partial charge in [-0.3, -0.25) is 19.7 Å². The highest BCUT2D eigenvalue weighted by Crippen LogP contribution is 2.26. The standard InChI is InChI=1S/C21H21N7O4S/c1-28(8-9-29)17-11-12(10-15-19(31)27-21(32)33-15)23-20(26-17)22-7-6-16-24-14-5-3-2-4-13(14)18(30)25-16/h2-5,10-11,29H,6-9H2,1H3,(H,22,23,26)(H,24,25,30)(H,27,31,32). The Kier molecular flexibility index (Phi) is 6.66. The number of rotatable bonds is 8. The highest BCUT2D eigenvalue weighted by molar-refractivity contribution is 8.18. The molecule has 0 saturated carbocycles. The SMILES string of the molecule is CN(CCO)c1cc(C=C2SC(=O)NC2=O)nc(NCCc2nc3ccccc3c(=O)[nH]2)n1. The number of aromatic amines is 1. The van der Waals surface area contributed by atoms with E-state index in [4.69, 9.17) is 0 Å². The van der Waals surface area contributed by atoms with Crippen LogP contribution in [-0.2, 0) is 11.2 Å². The number of carbonyl (C=O) groups is 2. The quantitative estimate of drug-likeness (QED) is 0.354. The average molecular weight is 468 g/mol. The Bertz CT molecular complexity index is 1310. The topological polar surface area (TPSA) is 153 Å². The number of fused-ring (bicyclic) bond motifs is 1. The maximum Gasteiger partial charge on any atom is 0.290 e. The molecule has 4 N–H and O–H groups in total. The zero-order valence-corrected chi connectivity index (χ0v) is 18.5. The Hall–Kier alpha value is -3.77. The van der Waals surface area contributed by atoms with E-state index in [1.165, 1.54) is 6.08 Å². The highest BCUT2D eigenvalue weighted by Gasteiger charge is 2.25. The number of nitrogens with zero attached hydrogens (tertiary/aromatic N) is 4. The second-order valence-electron chi connectivity index (χ2n) is 7.18. The van der Waals surface area contributed by atoms with Gasteiger partial charge in [-0.2, -0.15) is 4.98 Å². The lowest BCUT2D eigenvalue weighted by Gasteiger charge is -2.18. The van der Waals surface area contributed by atoms with E-state index >= 15 is 0 Å². The number of aromatic nitrogens is 4. The first kappa shape index (κ1) is 22.4. The molecule has 1 fully saturated rings. The summed E-state index contributed by atoms with van der Waals surface area (Å²) in [5, 5.41) is 14.7. The number of benzene rings is 1. The maximum atomic E-state index is 12.2. The van der Waals surface area contributed by atoms with Gasteiger partial charge in [0.2, 0.25) is 5.95 Å². The minimum absolute atomic E-state index is 0.0621. The van der Waals surface area contributed by atoms with E-state index in [9.17, 15) is 19.5 Å². The van der Waals surface area contributed by atoms with Crippen molar-refractivity contribution in [1.82, 2.24) is 25.3 Å². The molecule has 1 aliphatic rings. The molecule has 0 bridgehead atoms. The van der Waals surface area contributed by atoms with Crippen molar-refractivity contribution in [2.45, 2.75) is 6.42 Å². The zero-order valence-electron chi connectivity index (χ0n) is 17.7. The van der Waals surface area contributed by atoms with Crippen LogP contribution in [0.3, 0.4) is 0 Å². The monoisotopic (exact) mass is 467 g/mol.